The van der Waals surface area contributed by atoms with Crippen LogP contribution in [0.2, 0.25) is 0 Å². The first-order chi connectivity index (χ1) is 15.7. The van der Waals surface area contributed by atoms with E-state index in [1.165, 1.54) is 11.1 Å². The highest BCUT2D eigenvalue weighted by Gasteiger charge is 2.66. The maximum atomic E-state index is 12.8. The molecule has 2 N–H and O–H groups in total. The van der Waals surface area contributed by atoms with Gasteiger partial charge in [0.25, 0.3) is 0 Å². The van der Waals surface area contributed by atoms with Gasteiger partial charge in [-0.3, -0.25) is 4.79 Å². The van der Waals surface area contributed by atoms with Crippen LogP contribution in [0.15, 0.2) is 34.9 Å². The lowest BCUT2D eigenvalue weighted by Crippen LogP contribution is -2.54. The molecule has 4 heteroatoms. The lowest BCUT2D eigenvalue weighted by Gasteiger charge is -2.60. The second-order valence-electron chi connectivity index (χ2n) is 13.0. The number of aliphatic hydroxyl groups is 1. The lowest BCUT2D eigenvalue weighted by atomic mass is 9.44. The number of carboxylic acids is 1. The van der Waals surface area contributed by atoms with E-state index in [4.69, 9.17) is 5.11 Å². The number of carbonyl (C=O) groups is 2. The van der Waals surface area contributed by atoms with Crippen molar-refractivity contribution in [1.29, 1.82) is 0 Å². The standard InChI is InChI=1S/C30H44O4/c1-18(9-8-10-19(2)26(33)34)22-17-25(32)30(7)21-11-12-23-27(3,4)24(31)14-15-28(23,5)20(21)13-16-29(22,30)6/h10-11,13,18,22-23,25,32H,8-9,12,14-17H2,1-7H3,(H,33,34)/b19-10+/t18-,22-,23-,25+,28-,29-,30-/m1/s1. The van der Waals surface area contributed by atoms with Gasteiger partial charge in [0.2, 0.25) is 0 Å². The maximum Gasteiger partial charge on any atom is 0.330 e. The fourth-order valence-corrected chi connectivity index (χ4v) is 8.60. The second kappa shape index (κ2) is 8.18. The molecule has 0 bridgehead atoms. The van der Waals surface area contributed by atoms with Gasteiger partial charge < -0.3 is 10.2 Å². The molecule has 0 amide bonds. The Balaban J connectivity index is 1.66. The molecule has 7 atom stereocenters. The Bertz CT molecular complexity index is 984. The second-order valence-corrected chi connectivity index (χ2v) is 13.0. The minimum absolute atomic E-state index is 0.0194. The molecule has 0 aromatic carbocycles. The minimum atomic E-state index is -0.850. The summed E-state index contributed by atoms with van der Waals surface area (Å²) in [7, 11) is 0. The fourth-order valence-electron chi connectivity index (χ4n) is 8.60. The predicted molar refractivity (Wildman–Crippen MR) is 135 cm³/mol. The van der Waals surface area contributed by atoms with Crippen LogP contribution < -0.4 is 0 Å². The van der Waals surface area contributed by atoms with Crippen LogP contribution in [-0.2, 0) is 9.59 Å². The van der Waals surface area contributed by atoms with Crippen molar-refractivity contribution < 1.29 is 19.8 Å². The molecule has 4 rings (SSSR count). The molecule has 4 aliphatic carbocycles. The van der Waals surface area contributed by atoms with E-state index < -0.39 is 12.1 Å². The smallest absolute Gasteiger partial charge is 0.330 e. The summed E-state index contributed by atoms with van der Waals surface area (Å²) in [5, 5.41) is 20.8. The number of ketones is 1. The van der Waals surface area contributed by atoms with Crippen molar-refractivity contribution >= 4 is 11.8 Å². The number of fused-ring (bicyclic) bond motifs is 5. The number of allylic oxidation sites excluding steroid dienone is 4. The molecule has 34 heavy (non-hydrogen) atoms. The first kappa shape index (κ1) is 25.4. The average Bonchev–Trinajstić information content (AvgIpc) is 2.98. The molecular formula is C30H44O4. The van der Waals surface area contributed by atoms with Gasteiger partial charge in [-0.05, 0) is 85.2 Å². The van der Waals surface area contributed by atoms with E-state index in [0.29, 0.717) is 35.5 Å². The Kier molecular flexibility index (Phi) is 6.12. The number of aliphatic hydroxyl groups excluding tert-OH is 1. The topological polar surface area (TPSA) is 74.6 Å². The van der Waals surface area contributed by atoms with Crippen molar-refractivity contribution in [2.45, 2.75) is 99.5 Å². The van der Waals surface area contributed by atoms with Crippen LogP contribution in [-0.4, -0.2) is 28.1 Å². The van der Waals surface area contributed by atoms with Crippen molar-refractivity contribution in [2.75, 3.05) is 0 Å². The summed E-state index contributed by atoms with van der Waals surface area (Å²) < 4.78 is 0. The number of carbonyl (C=O) groups excluding carboxylic acids is 1. The van der Waals surface area contributed by atoms with Gasteiger partial charge in [0.1, 0.15) is 5.78 Å². The van der Waals surface area contributed by atoms with Crippen molar-refractivity contribution in [3.8, 4) is 0 Å². The number of aliphatic carboxylic acids is 1. The van der Waals surface area contributed by atoms with E-state index in [0.717, 1.165) is 38.5 Å². The van der Waals surface area contributed by atoms with Gasteiger partial charge in [-0.25, -0.2) is 4.79 Å². The van der Waals surface area contributed by atoms with Gasteiger partial charge in [0.15, 0.2) is 0 Å². The van der Waals surface area contributed by atoms with E-state index in [9.17, 15) is 14.7 Å². The highest BCUT2D eigenvalue weighted by molar-refractivity contribution is 5.86. The minimum Gasteiger partial charge on any atom is -0.478 e. The average molecular weight is 469 g/mol. The van der Waals surface area contributed by atoms with Gasteiger partial charge in [0, 0.05) is 22.8 Å². The molecule has 188 valence electrons. The third-order valence-corrected chi connectivity index (χ3v) is 11.2. The zero-order valence-electron chi connectivity index (χ0n) is 22.2. The van der Waals surface area contributed by atoms with Crippen LogP contribution >= 0.6 is 0 Å². The molecule has 0 aromatic rings. The molecule has 2 fully saturated rings. The summed E-state index contributed by atoms with van der Waals surface area (Å²) in [6.07, 6.45) is 12.2. The number of hydrogen-bond donors (Lipinski definition) is 2. The van der Waals surface area contributed by atoms with Crippen LogP contribution in [0.25, 0.3) is 0 Å². The summed E-state index contributed by atoms with van der Waals surface area (Å²) in [5.74, 6) is 0.618. The van der Waals surface area contributed by atoms with Gasteiger partial charge in [0.05, 0.1) is 6.10 Å². The summed E-state index contributed by atoms with van der Waals surface area (Å²) in [6.45, 7) is 15.2. The molecule has 2 saturated carbocycles. The Labute approximate surface area is 205 Å². The zero-order valence-corrected chi connectivity index (χ0v) is 22.2. The molecule has 0 unspecified atom stereocenters. The predicted octanol–water partition coefficient (Wildman–Crippen LogP) is 6.50. The van der Waals surface area contributed by atoms with Gasteiger partial charge >= 0.3 is 5.97 Å². The number of rotatable bonds is 5. The molecule has 0 heterocycles. The summed E-state index contributed by atoms with van der Waals surface area (Å²) >= 11 is 0. The quantitative estimate of drug-likeness (QED) is 0.452. The molecule has 4 aliphatic rings. The van der Waals surface area contributed by atoms with E-state index in [-0.39, 0.29) is 21.7 Å². The van der Waals surface area contributed by atoms with Gasteiger partial charge in [-0.15, -0.1) is 0 Å². The van der Waals surface area contributed by atoms with Crippen molar-refractivity contribution in [1.82, 2.24) is 0 Å². The van der Waals surface area contributed by atoms with E-state index in [1.807, 2.05) is 6.08 Å². The Hall–Kier alpha value is -1.68. The van der Waals surface area contributed by atoms with E-state index in [1.54, 1.807) is 6.92 Å². The normalized spacial score (nSPS) is 42.2. The van der Waals surface area contributed by atoms with Crippen molar-refractivity contribution in [3.05, 3.63) is 34.9 Å². The molecule has 0 radical (unpaired) electrons. The summed E-state index contributed by atoms with van der Waals surface area (Å²) in [4.78, 5) is 23.9. The molecule has 4 nitrogen and oxygen atoms in total. The number of Topliss-reactive ketones (excluding diaryl/α,β-unsaturated/α-hetero) is 1. The largest absolute Gasteiger partial charge is 0.478 e. The SMILES string of the molecule is C/C(=C\CC[C@@H](C)[C@H]1C[C@H](O)[C@@]2(C)C3=CC[C@@H]4C(C)(C)C(=O)CC[C@]4(C)C3=CC[C@]12C)C(=O)O. The van der Waals surface area contributed by atoms with Crippen molar-refractivity contribution in [3.63, 3.8) is 0 Å². The Morgan fingerprint density at radius 3 is 2.50 bits per heavy atom. The molecule has 0 aliphatic heterocycles. The summed E-state index contributed by atoms with van der Waals surface area (Å²) in [5.41, 5.74) is 2.46. The van der Waals surface area contributed by atoms with E-state index >= 15 is 0 Å². The Morgan fingerprint density at radius 1 is 1.18 bits per heavy atom. The van der Waals surface area contributed by atoms with E-state index in [2.05, 4.69) is 53.7 Å². The highest BCUT2D eigenvalue weighted by atomic mass is 16.4. The first-order valence-corrected chi connectivity index (χ1v) is 13.2. The van der Waals surface area contributed by atoms with Crippen LogP contribution in [0.5, 0.6) is 0 Å². The number of carboxylic acid groups (broad SMARTS) is 1. The van der Waals surface area contributed by atoms with Gasteiger partial charge in [-0.2, -0.15) is 0 Å². The zero-order chi connectivity index (χ0) is 25.3. The lowest BCUT2D eigenvalue weighted by molar-refractivity contribution is -0.138. The molecular weight excluding hydrogens is 424 g/mol. The summed E-state index contributed by atoms with van der Waals surface area (Å²) in [6, 6.07) is 0. The maximum absolute atomic E-state index is 12.8. The van der Waals surface area contributed by atoms with Gasteiger partial charge in [-0.1, -0.05) is 59.8 Å². The fraction of sp³-hybridized carbons (Fsp3) is 0.733. The van der Waals surface area contributed by atoms with Crippen LogP contribution in [0.4, 0.5) is 0 Å². The molecule has 0 spiro atoms. The monoisotopic (exact) mass is 468 g/mol. The van der Waals surface area contributed by atoms with Crippen LogP contribution in [0, 0.1) is 39.4 Å². The number of hydrogen-bond acceptors (Lipinski definition) is 3. The Morgan fingerprint density at radius 2 is 1.85 bits per heavy atom. The third kappa shape index (κ3) is 3.34. The molecule has 0 saturated heterocycles. The molecule has 0 aromatic heterocycles. The van der Waals surface area contributed by atoms with Crippen LogP contribution in [0.1, 0.15) is 93.4 Å². The third-order valence-electron chi connectivity index (χ3n) is 11.2. The first-order valence-electron chi connectivity index (χ1n) is 13.2. The van der Waals surface area contributed by atoms with Crippen LogP contribution in [0.3, 0.4) is 0 Å². The van der Waals surface area contributed by atoms with Crippen molar-refractivity contribution in [2.24, 2.45) is 39.4 Å². The highest BCUT2D eigenvalue weighted by Crippen LogP contribution is 2.71.